The topological polar surface area (TPSA) is 23.6 Å². The van der Waals surface area contributed by atoms with Crippen molar-refractivity contribution < 1.29 is 4.79 Å². The zero-order chi connectivity index (χ0) is 16.2. The van der Waals surface area contributed by atoms with Crippen LogP contribution in [0.3, 0.4) is 0 Å². The van der Waals surface area contributed by atoms with Gasteiger partial charge in [-0.3, -0.25) is 9.69 Å². The van der Waals surface area contributed by atoms with E-state index in [2.05, 4.69) is 53.1 Å². The Morgan fingerprint density at radius 1 is 1.17 bits per heavy atom. The van der Waals surface area contributed by atoms with Crippen LogP contribution in [0.15, 0.2) is 36.4 Å². The molecule has 0 radical (unpaired) electrons. The number of nitrogens with zero attached hydrogens (tertiary/aromatic N) is 2. The Labute approximate surface area is 140 Å². The van der Waals surface area contributed by atoms with Crippen LogP contribution in [-0.4, -0.2) is 47.4 Å². The van der Waals surface area contributed by atoms with Gasteiger partial charge in [0.05, 0.1) is 0 Å². The lowest BCUT2D eigenvalue weighted by molar-refractivity contribution is -0.133. The number of carbonyl (C=O) groups excluding carboxylic acids is 1. The number of hydrogen-bond acceptors (Lipinski definition) is 2. The monoisotopic (exact) mass is 312 g/mol. The number of hydrogen-bond donors (Lipinski definition) is 0. The standard InChI is InChI=1S/C20H28N2O/c1-3-20(23)22-18-9-10-19(22)15-21(14-12-18)13-11-16(2)17-7-5-4-6-8-17/h4-8,11,18-19H,3,9-10,12-15H2,1-2H3/b16-11+. The van der Waals surface area contributed by atoms with E-state index < -0.39 is 0 Å². The molecule has 0 aromatic heterocycles. The Hall–Kier alpha value is -1.61. The molecule has 2 bridgehead atoms. The molecule has 3 heteroatoms. The molecule has 0 spiro atoms. The van der Waals surface area contributed by atoms with Gasteiger partial charge in [-0.15, -0.1) is 0 Å². The fraction of sp³-hybridized carbons (Fsp3) is 0.550. The largest absolute Gasteiger partial charge is 0.335 e. The van der Waals surface area contributed by atoms with Gasteiger partial charge in [-0.1, -0.05) is 43.3 Å². The van der Waals surface area contributed by atoms with E-state index in [1.807, 2.05) is 6.92 Å². The number of allylic oxidation sites excluding steroid dienone is 1. The van der Waals surface area contributed by atoms with Gasteiger partial charge >= 0.3 is 0 Å². The predicted octanol–water partition coefficient (Wildman–Crippen LogP) is 3.57. The lowest BCUT2D eigenvalue weighted by Gasteiger charge is -2.28. The molecule has 2 aliphatic heterocycles. The second-order valence-corrected chi connectivity index (χ2v) is 6.84. The maximum Gasteiger partial charge on any atom is 0.222 e. The Morgan fingerprint density at radius 2 is 1.91 bits per heavy atom. The average molecular weight is 312 g/mol. The Kier molecular flexibility index (Phi) is 5.16. The molecular weight excluding hydrogens is 284 g/mol. The van der Waals surface area contributed by atoms with Crippen LogP contribution < -0.4 is 0 Å². The minimum absolute atomic E-state index is 0.343. The molecule has 3 nitrogen and oxygen atoms in total. The second-order valence-electron chi connectivity index (χ2n) is 6.84. The van der Waals surface area contributed by atoms with E-state index in [9.17, 15) is 4.79 Å². The zero-order valence-electron chi connectivity index (χ0n) is 14.4. The molecule has 1 aromatic carbocycles. The van der Waals surface area contributed by atoms with Gasteiger partial charge in [0.2, 0.25) is 5.91 Å². The summed E-state index contributed by atoms with van der Waals surface area (Å²) in [6, 6.07) is 11.5. The Bertz CT molecular complexity index is 566. The van der Waals surface area contributed by atoms with Crippen molar-refractivity contribution in [1.29, 1.82) is 0 Å². The number of amides is 1. The number of carbonyl (C=O) groups is 1. The van der Waals surface area contributed by atoms with Crippen molar-refractivity contribution in [1.82, 2.24) is 9.80 Å². The van der Waals surface area contributed by atoms with Crippen LogP contribution in [-0.2, 0) is 4.79 Å². The van der Waals surface area contributed by atoms with Crippen LogP contribution >= 0.6 is 0 Å². The Morgan fingerprint density at radius 3 is 2.65 bits per heavy atom. The molecule has 0 N–H and O–H groups in total. The Balaban J connectivity index is 1.64. The van der Waals surface area contributed by atoms with Crippen LogP contribution in [0, 0.1) is 0 Å². The van der Waals surface area contributed by atoms with E-state index in [0.717, 1.165) is 26.1 Å². The molecule has 2 saturated heterocycles. The molecule has 3 rings (SSSR count). The third-order valence-corrected chi connectivity index (χ3v) is 5.34. The van der Waals surface area contributed by atoms with E-state index in [-0.39, 0.29) is 0 Å². The smallest absolute Gasteiger partial charge is 0.222 e. The lowest BCUT2D eigenvalue weighted by atomic mass is 10.1. The number of rotatable bonds is 4. The molecule has 0 saturated carbocycles. The van der Waals surface area contributed by atoms with E-state index in [1.54, 1.807) is 0 Å². The first-order valence-electron chi connectivity index (χ1n) is 8.94. The summed E-state index contributed by atoms with van der Waals surface area (Å²) in [4.78, 5) is 17.0. The molecule has 0 aliphatic carbocycles. The highest BCUT2D eigenvalue weighted by molar-refractivity contribution is 5.77. The quantitative estimate of drug-likeness (QED) is 0.848. The summed E-state index contributed by atoms with van der Waals surface area (Å²) in [5, 5.41) is 0. The highest BCUT2D eigenvalue weighted by Crippen LogP contribution is 2.30. The summed E-state index contributed by atoms with van der Waals surface area (Å²) >= 11 is 0. The molecule has 2 atom stereocenters. The molecule has 2 heterocycles. The van der Waals surface area contributed by atoms with E-state index in [4.69, 9.17) is 0 Å². The maximum absolute atomic E-state index is 12.2. The van der Waals surface area contributed by atoms with E-state index in [0.29, 0.717) is 24.4 Å². The lowest BCUT2D eigenvalue weighted by Crippen LogP contribution is -2.42. The average Bonchev–Trinajstić information content (AvgIpc) is 2.88. The highest BCUT2D eigenvalue weighted by atomic mass is 16.2. The summed E-state index contributed by atoms with van der Waals surface area (Å²) in [7, 11) is 0. The van der Waals surface area contributed by atoms with Crippen molar-refractivity contribution in [3.05, 3.63) is 42.0 Å². The van der Waals surface area contributed by atoms with Crippen molar-refractivity contribution in [2.75, 3.05) is 19.6 Å². The number of fused-ring (bicyclic) bond motifs is 2. The van der Waals surface area contributed by atoms with Crippen molar-refractivity contribution in [2.45, 2.75) is 51.6 Å². The van der Waals surface area contributed by atoms with Crippen molar-refractivity contribution in [2.24, 2.45) is 0 Å². The van der Waals surface area contributed by atoms with Gasteiger partial charge < -0.3 is 4.90 Å². The molecule has 1 aromatic rings. The van der Waals surface area contributed by atoms with Gasteiger partial charge in [0.15, 0.2) is 0 Å². The minimum atomic E-state index is 0.343. The fourth-order valence-corrected chi connectivity index (χ4v) is 3.99. The van der Waals surface area contributed by atoms with Crippen molar-refractivity contribution >= 4 is 11.5 Å². The molecule has 2 unspecified atom stereocenters. The highest BCUT2D eigenvalue weighted by Gasteiger charge is 2.38. The van der Waals surface area contributed by atoms with Crippen LogP contribution in [0.4, 0.5) is 0 Å². The molecule has 2 fully saturated rings. The predicted molar refractivity (Wildman–Crippen MR) is 95.1 cm³/mol. The SMILES string of the molecule is CCC(=O)N1C2CCC1CN(C/C=C(\C)c1ccccc1)CC2. The van der Waals surface area contributed by atoms with Crippen molar-refractivity contribution in [3.63, 3.8) is 0 Å². The third kappa shape index (κ3) is 3.66. The second kappa shape index (κ2) is 7.31. The van der Waals surface area contributed by atoms with E-state index >= 15 is 0 Å². The van der Waals surface area contributed by atoms with Crippen LogP contribution in [0.25, 0.3) is 5.57 Å². The summed E-state index contributed by atoms with van der Waals surface area (Å²) in [6.07, 6.45) is 6.47. The van der Waals surface area contributed by atoms with Gasteiger partial charge in [0.1, 0.15) is 0 Å². The van der Waals surface area contributed by atoms with Crippen molar-refractivity contribution in [3.8, 4) is 0 Å². The molecule has 124 valence electrons. The molecule has 23 heavy (non-hydrogen) atoms. The van der Waals surface area contributed by atoms with Gasteiger partial charge in [0, 0.05) is 38.1 Å². The normalized spacial score (nSPS) is 25.5. The molecule has 2 aliphatic rings. The van der Waals surface area contributed by atoms with Gasteiger partial charge in [-0.25, -0.2) is 0 Å². The van der Waals surface area contributed by atoms with E-state index in [1.165, 1.54) is 24.0 Å². The van der Waals surface area contributed by atoms with Crippen LogP contribution in [0.2, 0.25) is 0 Å². The third-order valence-electron chi connectivity index (χ3n) is 5.34. The van der Waals surface area contributed by atoms with Crippen LogP contribution in [0.5, 0.6) is 0 Å². The number of likely N-dealkylation sites (tertiary alicyclic amines) is 1. The summed E-state index contributed by atoms with van der Waals surface area (Å²) in [6.45, 7) is 7.29. The van der Waals surface area contributed by atoms with Gasteiger partial charge in [0.25, 0.3) is 0 Å². The maximum atomic E-state index is 12.2. The summed E-state index contributed by atoms with van der Waals surface area (Å²) < 4.78 is 0. The minimum Gasteiger partial charge on any atom is -0.335 e. The molecular formula is C20H28N2O. The molecule has 1 amide bonds. The van der Waals surface area contributed by atoms with Gasteiger partial charge in [-0.05, 0) is 37.3 Å². The first kappa shape index (κ1) is 16.3. The summed E-state index contributed by atoms with van der Waals surface area (Å²) in [5.41, 5.74) is 2.63. The first-order valence-corrected chi connectivity index (χ1v) is 8.94. The zero-order valence-corrected chi connectivity index (χ0v) is 14.4. The van der Waals surface area contributed by atoms with Gasteiger partial charge in [-0.2, -0.15) is 0 Å². The first-order chi connectivity index (χ1) is 11.2. The number of benzene rings is 1. The van der Waals surface area contributed by atoms with Crippen LogP contribution in [0.1, 0.15) is 45.1 Å². The fourth-order valence-electron chi connectivity index (χ4n) is 3.99. The summed E-state index contributed by atoms with van der Waals surface area (Å²) in [5.74, 6) is 0.343.